The van der Waals surface area contributed by atoms with Gasteiger partial charge in [-0.15, -0.1) is 0 Å². The molecule has 1 amide bonds. The van der Waals surface area contributed by atoms with E-state index in [1.165, 1.54) is 16.9 Å². The number of anilines is 1. The number of nitrogens with zero attached hydrogens (tertiary/aromatic N) is 5. The first-order valence-corrected chi connectivity index (χ1v) is 6.53. The van der Waals surface area contributed by atoms with Crippen molar-refractivity contribution in [3.63, 3.8) is 0 Å². The summed E-state index contributed by atoms with van der Waals surface area (Å²) in [6, 6.07) is 1.11. The van der Waals surface area contributed by atoms with Gasteiger partial charge in [-0.3, -0.25) is 14.2 Å². The molecule has 7 nitrogen and oxygen atoms in total. The van der Waals surface area contributed by atoms with Crippen LogP contribution in [0.15, 0.2) is 18.5 Å². The highest BCUT2D eigenvalue weighted by Crippen LogP contribution is 2.33. The van der Waals surface area contributed by atoms with E-state index in [0.717, 1.165) is 6.20 Å². The predicted molar refractivity (Wildman–Crippen MR) is 73.2 cm³/mol. The number of hydrogen-bond donors (Lipinski definition) is 1. The molecule has 1 atom stereocenters. The van der Waals surface area contributed by atoms with Crippen LogP contribution in [0.3, 0.4) is 0 Å². The molecule has 1 unspecified atom stereocenters. The molecule has 1 N–H and O–H groups in total. The Labute approximate surface area is 129 Å². The van der Waals surface area contributed by atoms with Crippen LogP contribution in [0.1, 0.15) is 23.7 Å². The highest BCUT2D eigenvalue weighted by Gasteiger charge is 2.42. The van der Waals surface area contributed by atoms with Gasteiger partial charge in [-0.05, 0) is 13.0 Å². The number of halogens is 3. The van der Waals surface area contributed by atoms with Crippen molar-refractivity contribution in [2.75, 3.05) is 5.32 Å². The third kappa shape index (κ3) is 3.50. The van der Waals surface area contributed by atoms with Gasteiger partial charge in [-0.25, -0.2) is 0 Å². The van der Waals surface area contributed by atoms with Crippen molar-refractivity contribution in [1.82, 2.24) is 19.6 Å². The van der Waals surface area contributed by atoms with Gasteiger partial charge >= 0.3 is 6.18 Å². The summed E-state index contributed by atoms with van der Waals surface area (Å²) >= 11 is 0. The van der Waals surface area contributed by atoms with Crippen LogP contribution in [-0.2, 0) is 11.8 Å². The molecule has 0 aliphatic rings. The van der Waals surface area contributed by atoms with Gasteiger partial charge in [-0.2, -0.15) is 28.6 Å². The standard InChI is InChI=1S/C13H13F3N6O/c1-8-9(7-17)12(20-21(8)2)19-11(23)6-10(13(14,15)16)22-5-3-4-18-22/h3-5,10H,6H2,1-2H3,(H,19,20,23). The van der Waals surface area contributed by atoms with Crippen molar-refractivity contribution in [3.8, 4) is 6.07 Å². The Morgan fingerprint density at radius 2 is 2.22 bits per heavy atom. The summed E-state index contributed by atoms with van der Waals surface area (Å²) in [6.45, 7) is 1.61. The lowest BCUT2D eigenvalue weighted by molar-refractivity contribution is -0.174. The summed E-state index contributed by atoms with van der Waals surface area (Å²) in [5.74, 6) is -0.962. The maximum Gasteiger partial charge on any atom is 0.411 e. The molecule has 2 rings (SSSR count). The first-order chi connectivity index (χ1) is 10.7. The quantitative estimate of drug-likeness (QED) is 0.930. The number of alkyl halides is 3. The van der Waals surface area contributed by atoms with Gasteiger partial charge in [0.15, 0.2) is 11.9 Å². The summed E-state index contributed by atoms with van der Waals surface area (Å²) in [5.41, 5.74) is 0.616. The van der Waals surface area contributed by atoms with Gasteiger partial charge in [0.1, 0.15) is 11.6 Å². The smallest absolute Gasteiger partial charge is 0.308 e. The van der Waals surface area contributed by atoms with E-state index >= 15 is 0 Å². The van der Waals surface area contributed by atoms with Crippen LogP contribution in [0, 0.1) is 18.3 Å². The molecular formula is C13H13F3N6O. The van der Waals surface area contributed by atoms with Crippen molar-refractivity contribution in [3.05, 3.63) is 29.7 Å². The van der Waals surface area contributed by atoms with E-state index in [-0.39, 0.29) is 11.4 Å². The number of nitriles is 1. The zero-order chi connectivity index (χ0) is 17.2. The first kappa shape index (κ1) is 16.5. The number of nitrogens with one attached hydrogen (secondary N) is 1. The second-order valence-electron chi connectivity index (χ2n) is 4.84. The number of aryl methyl sites for hydroxylation is 1. The molecule has 2 heterocycles. The van der Waals surface area contributed by atoms with Crippen LogP contribution in [0.25, 0.3) is 0 Å². The summed E-state index contributed by atoms with van der Waals surface area (Å²) in [5, 5.41) is 18.7. The average molecular weight is 326 g/mol. The van der Waals surface area contributed by atoms with Crippen LogP contribution in [0.5, 0.6) is 0 Å². The van der Waals surface area contributed by atoms with Gasteiger partial charge in [0.05, 0.1) is 12.1 Å². The van der Waals surface area contributed by atoms with Crippen LogP contribution in [0.4, 0.5) is 19.0 Å². The fourth-order valence-electron chi connectivity index (χ4n) is 2.01. The van der Waals surface area contributed by atoms with Gasteiger partial charge in [0.25, 0.3) is 0 Å². The highest BCUT2D eigenvalue weighted by molar-refractivity contribution is 5.91. The van der Waals surface area contributed by atoms with E-state index in [4.69, 9.17) is 5.26 Å². The van der Waals surface area contributed by atoms with E-state index in [1.807, 2.05) is 6.07 Å². The Balaban J connectivity index is 2.18. The monoisotopic (exact) mass is 326 g/mol. The van der Waals surface area contributed by atoms with E-state index in [9.17, 15) is 18.0 Å². The largest absolute Gasteiger partial charge is 0.411 e. The number of carbonyl (C=O) groups excluding carboxylic acids is 1. The van der Waals surface area contributed by atoms with Crippen molar-refractivity contribution in [1.29, 1.82) is 5.26 Å². The normalized spacial score (nSPS) is 12.7. The maximum absolute atomic E-state index is 13.1. The number of hydrogen-bond acceptors (Lipinski definition) is 4. The minimum atomic E-state index is -4.64. The first-order valence-electron chi connectivity index (χ1n) is 6.53. The fourth-order valence-corrected chi connectivity index (χ4v) is 2.01. The zero-order valence-corrected chi connectivity index (χ0v) is 12.3. The Kier molecular flexibility index (Phi) is 4.40. The molecule has 0 fully saturated rings. The second-order valence-corrected chi connectivity index (χ2v) is 4.84. The van der Waals surface area contributed by atoms with Crippen LogP contribution in [-0.4, -0.2) is 31.6 Å². The van der Waals surface area contributed by atoms with Crippen LogP contribution < -0.4 is 5.32 Å². The molecule has 0 spiro atoms. The predicted octanol–water partition coefficient (Wildman–Crippen LogP) is 1.93. The lowest BCUT2D eigenvalue weighted by Gasteiger charge is -2.20. The molecule has 0 bridgehead atoms. The molecule has 0 aromatic carbocycles. The van der Waals surface area contributed by atoms with E-state index in [2.05, 4.69) is 15.5 Å². The van der Waals surface area contributed by atoms with Crippen molar-refractivity contribution >= 4 is 11.7 Å². The molecule has 0 saturated heterocycles. The molecule has 0 aliphatic carbocycles. The number of rotatable bonds is 4. The Bertz CT molecular complexity index is 741. The Hall–Kier alpha value is -2.83. The maximum atomic E-state index is 13.1. The SMILES string of the molecule is Cc1c(C#N)c(NC(=O)CC(n2cccn2)C(F)(F)F)nn1C. The number of amides is 1. The van der Waals surface area contributed by atoms with Crippen molar-refractivity contribution in [2.45, 2.75) is 25.6 Å². The van der Waals surface area contributed by atoms with Crippen LogP contribution in [0.2, 0.25) is 0 Å². The van der Waals surface area contributed by atoms with Gasteiger partial charge in [-0.1, -0.05) is 0 Å². The van der Waals surface area contributed by atoms with Gasteiger partial charge in [0, 0.05) is 19.4 Å². The Morgan fingerprint density at radius 3 is 2.74 bits per heavy atom. The minimum Gasteiger partial charge on any atom is -0.308 e. The zero-order valence-electron chi connectivity index (χ0n) is 12.3. The van der Waals surface area contributed by atoms with Crippen LogP contribution >= 0.6 is 0 Å². The molecule has 2 aromatic heterocycles. The third-order valence-electron chi connectivity index (χ3n) is 3.30. The number of aromatic nitrogens is 4. The second kappa shape index (κ2) is 6.12. The third-order valence-corrected chi connectivity index (χ3v) is 3.30. The highest BCUT2D eigenvalue weighted by atomic mass is 19.4. The summed E-state index contributed by atoms with van der Waals surface area (Å²) < 4.78 is 41.3. The molecule has 0 radical (unpaired) electrons. The average Bonchev–Trinajstić information content (AvgIpc) is 3.05. The summed E-state index contributed by atoms with van der Waals surface area (Å²) in [4.78, 5) is 11.9. The van der Waals surface area contributed by atoms with Gasteiger partial charge in [0.2, 0.25) is 5.91 Å². The fraction of sp³-hybridized carbons (Fsp3) is 0.385. The molecule has 23 heavy (non-hydrogen) atoms. The Morgan fingerprint density at radius 1 is 1.52 bits per heavy atom. The molecule has 2 aromatic rings. The lowest BCUT2D eigenvalue weighted by Crippen LogP contribution is -2.31. The minimum absolute atomic E-state index is 0.0566. The summed E-state index contributed by atoms with van der Waals surface area (Å²) in [6.07, 6.45) is -3.17. The van der Waals surface area contributed by atoms with Crippen molar-refractivity contribution < 1.29 is 18.0 Å². The molecule has 122 valence electrons. The number of carbonyl (C=O) groups is 1. The van der Waals surface area contributed by atoms with E-state index in [1.54, 1.807) is 14.0 Å². The lowest BCUT2D eigenvalue weighted by atomic mass is 10.2. The summed E-state index contributed by atoms with van der Waals surface area (Å²) in [7, 11) is 1.56. The molecule has 0 aliphatic heterocycles. The molecule has 10 heteroatoms. The molecular weight excluding hydrogens is 313 g/mol. The van der Waals surface area contributed by atoms with E-state index in [0.29, 0.717) is 10.4 Å². The topological polar surface area (TPSA) is 88.5 Å². The molecule has 0 saturated carbocycles. The van der Waals surface area contributed by atoms with Crippen molar-refractivity contribution in [2.24, 2.45) is 7.05 Å². The van der Waals surface area contributed by atoms with Gasteiger partial charge < -0.3 is 5.32 Å². The van der Waals surface area contributed by atoms with E-state index < -0.39 is 24.5 Å².